The normalized spacial score (nSPS) is 11.2. The van der Waals surface area contributed by atoms with Crippen LogP contribution in [-0.2, 0) is 0 Å². The molecule has 2 aromatic rings. The monoisotopic (exact) mass is 424 g/mol. The number of halogens is 4. The predicted octanol–water partition coefficient (Wildman–Crippen LogP) is 5.13. The molecule has 0 unspecified atom stereocenters. The van der Waals surface area contributed by atoms with E-state index in [-0.39, 0.29) is 17.5 Å². The predicted molar refractivity (Wildman–Crippen MR) is 85.9 cm³/mol. The van der Waals surface area contributed by atoms with Crippen LogP contribution in [0, 0.1) is 3.57 Å². The Bertz CT molecular complexity index is 653. The standard InChI is InChI=1S/C14H12ClF2IN2O/c1-7(2)11-10(18)12(15)20-13(19-11)8-5-3-4-6-9(8)21-14(16)17/h3-7,14H,1-2H3. The Morgan fingerprint density at radius 1 is 1.19 bits per heavy atom. The fourth-order valence-corrected chi connectivity index (χ4v) is 2.83. The second kappa shape index (κ2) is 6.83. The van der Waals surface area contributed by atoms with Gasteiger partial charge in [-0.3, -0.25) is 0 Å². The van der Waals surface area contributed by atoms with Crippen LogP contribution in [0.25, 0.3) is 11.4 Å². The van der Waals surface area contributed by atoms with Gasteiger partial charge in [-0.1, -0.05) is 37.6 Å². The molecule has 0 amide bonds. The van der Waals surface area contributed by atoms with Gasteiger partial charge in [0.15, 0.2) is 5.82 Å². The third kappa shape index (κ3) is 3.79. The Labute approximate surface area is 139 Å². The van der Waals surface area contributed by atoms with Gasteiger partial charge < -0.3 is 4.74 Å². The Kier molecular flexibility index (Phi) is 5.32. The Hall–Kier alpha value is -1.02. The molecule has 0 spiro atoms. The molecule has 0 radical (unpaired) electrons. The molecule has 0 bridgehead atoms. The van der Waals surface area contributed by atoms with E-state index in [2.05, 4.69) is 37.3 Å². The number of aromatic nitrogens is 2. The van der Waals surface area contributed by atoms with Gasteiger partial charge in [0.2, 0.25) is 0 Å². The van der Waals surface area contributed by atoms with E-state index in [9.17, 15) is 8.78 Å². The van der Waals surface area contributed by atoms with E-state index < -0.39 is 6.61 Å². The van der Waals surface area contributed by atoms with Crippen molar-refractivity contribution in [3.05, 3.63) is 38.7 Å². The first-order valence-corrected chi connectivity index (χ1v) is 7.63. The Morgan fingerprint density at radius 3 is 2.48 bits per heavy atom. The molecule has 3 nitrogen and oxygen atoms in total. The highest BCUT2D eigenvalue weighted by molar-refractivity contribution is 14.1. The van der Waals surface area contributed by atoms with Crippen molar-refractivity contribution >= 4 is 34.2 Å². The van der Waals surface area contributed by atoms with Crippen molar-refractivity contribution < 1.29 is 13.5 Å². The minimum absolute atomic E-state index is 0.0273. The van der Waals surface area contributed by atoms with Crippen LogP contribution in [-0.4, -0.2) is 16.6 Å². The summed E-state index contributed by atoms with van der Waals surface area (Å²) < 4.78 is 30.2. The second-order valence-electron chi connectivity index (χ2n) is 4.57. The summed E-state index contributed by atoms with van der Waals surface area (Å²) in [4.78, 5) is 8.62. The number of benzene rings is 1. The lowest BCUT2D eigenvalue weighted by Gasteiger charge is -2.13. The maximum Gasteiger partial charge on any atom is 0.387 e. The van der Waals surface area contributed by atoms with Gasteiger partial charge in [-0.15, -0.1) is 0 Å². The number of ether oxygens (including phenoxy) is 1. The highest BCUT2D eigenvalue weighted by Gasteiger charge is 2.18. The zero-order valence-corrected chi connectivity index (χ0v) is 14.2. The molecule has 1 aromatic carbocycles. The first kappa shape index (κ1) is 16.4. The lowest BCUT2D eigenvalue weighted by molar-refractivity contribution is -0.0494. The van der Waals surface area contributed by atoms with Crippen LogP contribution in [0.15, 0.2) is 24.3 Å². The van der Waals surface area contributed by atoms with E-state index in [4.69, 9.17) is 11.6 Å². The third-order valence-electron chi connectivity index (χ3n) is 2.73. The van der Waals surface area contributed by atoms with E-state index in [1.165, 1.54) is 6.07 Å². The van der Waals surface area contributed by atoms with Crippen molar-refractivity contribution in [3.8, 4) is 17.1 Å². The molecule has 0 saturated heterocycles. The zero-order chi connectivity index (χ0) is 15.6. The Morgan fingerprint density at radius 2 is 1.86 bits per heavy atom. The largest absolute Gasteiger partial charge is 0.434 e. The number of rotatable bonds is 4. The van der Waals surface area contributed by atoms with Crippen LogP contribution in [0.5, 0.6) is 5.75 Å². The summed E-state index contributed by atoms with van der Waals surface area (Å²) in [5.74, 6) is 0.444. The van der Waals surface area contributed by atoms with Crippen molar-refractivity contribution in [1.82, 2.24) is 9.97 Å². The van der Waals surface area contributed by atoms with Crippen molar-refractivity contribution in [2.75, 3.05) is 0 Å². The summed E-state index contributed by atoms with van der Waals surface area (Å²) in [5, 5.41) is 0.302. The quantitative estimate of drug-likeness (QED) is 0.504. The van der Waals surface area contributed by atoms with Crippen LogP contribution in [0.4, 0.5) is 8.78 Å². The van der Waals surface area contributed by atoms with Gasteiger partial charge in [0, 0.05) is 0 Å². The van der Waals surface area contributed by atoms with Gasteiger partial charge in [0.1, 0.15) is 10.9 Å². The van der Waals surface area contributed by atoms with Crippen LogP contribution in [0.3, 0.4) is 0 Å². The maximum atomic E-state index is 12.5. The molecule has 0 N–H and O–H groups in total. The number of alkyl halides is 2. The molecule has 0 atom stereocenters. The minimum Gasteiger partial charge on any atom is -0.434 e. The molecule has 7 heteroatoms. The molecule has 1 heterocycles. The van der Waals surface area contributed by atoms with Gasteiger partial charge in [-0.2, -0.15) is 8.78 Å². The van der Waals surface area contributed by atoms with Crippen molar-refractivity contribution in [3.63, 3.8) is 0 Å². The maximum absolute atomic E-state index is 12.5. The fourth-order valence-electron chi connectivity index (χ4n) is 1.79. The fraction of sp³-hybridized carbons (Fsp3) is 0.286. The van der Waals surface area contributed by atoms with E-state index in [1.807, 2.05) is 13.8 Å². The summed E-state index contributed by atoms with van der Waals surface area (Å²) in [5.41, 5.74) is 1.16. The summed E-state index contributed by atoms with van der Waals surface area (Å²) >= 11 is 8.20. The van der Waals surface area contributed by atoms with Crippen molar-refractivity contribution in [2.45, 2.75) is 26.4 Å². The number of hydrogen-bond acceptors (Lipinski definition) is 3. The molecule has 0 saturated carbocycles. The lowest BCUT2D eigenvalue weighted by atomic mass is 10.1. The van der Waals surface area contributed by atoms with Gasteiger partial charge in [0.05, 0.1) is 14.8 Å². The molecule has 2 rings (SSSR count). The highest BCUT2D eigenvalue weighted by atomic mass is 127. The second-order valence-corrected chi connectivity index (χ2v) is 6.00. The lowest BCUT2D eigenvalue weighted by Crippen LogP contribution is -2.06. The first-order valence-electron chi connectivity index (χ1n) is 6.17. The Balaban J connectivity index is 2.57. The van der Waals surface area contributed by atoms with E-state index in [1.54, 1.807) is 18.2 Å². The first-order chi connectivity index (χ1) is 9.90. The van der Waals surface area contributed by atoms with Crippen LogP contribution in [0.2, 0.25) is 5.15 Å². The molecule has 0 aliphatic rings. The average Bonchev–Trinajstić information content (AvgIpc) is 2.41. The molecule has 0 aliphatic carbocycles. The minimum atomic E-state index is -2.91. The zero-order valence-electron chi connectivity index (χ0n) is 11.3. The number of para-hydroxylation sites is 1. The van der Waals surface area contributed by atoms with Gasteiger partial charge in [-0.05, 0) is 40.6 Å². The average molecular weight is 425 g/mol. The summed E-state index contributed by atoms with van der Waals surface area (Å²) in [6, 6.07) is 6.39. The molecular weight excluding hydrogens is 413 g/mol. The van der Waals surface area contributed by atoms with Crippen molar-refractivity contribution in [1.29, 1.82) is 0 Å². The summed E-state index contributed by atoms with van der Waals surface area (Å²) in [6.07, 6.45) is 0. The molecule has 1 aromatic heterocycles. The number of nitrogens with zero attached hydrogens (tertiary/aromatic N) is 2. The van der Waals surface area contributed by atoms with Gasteiger partial charge >= 0.3 is 6.61 Å². The van der Waals surface area contributed by atoms with Gasteiger partial charge in [-0.25, -0.2) is 9.97 Å². The summed E-state index contributed by atoms with van der Waals surface area (Å²) in [6.45, 7) is 1.05. The van der Waals surface area contributed by atoms with E-state index in [0.717, 1.165) is 9.26 Å². The van der Waals surface area contributed by atoms with Crippen molar-refractivity contribution in [2.24, 2.45) is 0 Å². The number of hydrogen-bond donors (Lipinski definition) is 0. The van der Waals surface area contributed by atoms with E-state index in [0.29, 0.717) is 10.7 Å². The molecule has 0 fully saturated rings. The third-order valence-corrected chi connectivity index (χ3v) is 4.38. The molecule has 21 heavy (non-hydrogen) atoms. The smallest absolute Gasteiger partial charge is 0.387 e. The highest BCUT2D eigenvalue weighted by Crippen LogP contribution is 2.32. The summed E-state index contributed by atoms with van der Waals surface area (Å²) in [7, 11) is 0. The molecule has 0 aliphatic heterocycles. The van der Waals surface area contributed by atoms with Crippen LogP contribution < -0.4 is 4.74 Å². The topological polar surface area (TPSA) is 35.0 Å². The van der Waals surface area contributed by atoms with E-state index >= 15 is 0 Å². The van der Waals surface area contributed by atoms with Gasteiger partial charge in [0.25, 0.3) is 0 Å². The van der Waals surface area contributed by atoms with Crippen LogP contribution >= 0.6 is 34.2 Å². The SMILES string of the molecule is CC(C)c1nc(-c2ccccc2OC(F)F)nc(Cl)c1I. The van der Waals surface area contributed by atoms with Crippen LogP contribution in [0.1, 0.15) is 25.5 Å². The molecule has 112 valence electrons. The molecular formula is C14H12ClF2IN2O.